The van der Waals surface area contributed by atoms with Gasteiger partial charge in [0.25, 0.3) is 0 Å². The van der Waals surface area contributed by atoms with Gasteiger partial charge in [0.05, 0.1) is 0 Å². The maximum atomic E-state index is 3.72. The molecule has 2 N–H and O–H groups in total. The number of hydrogen-bond acceptors (Lipinski definition) is 2. The third-order valence-electron chi connectivity index (χ3n) is 4.08. The number of fused-ring (bicyclic) bond motifs is 1. The third-order valence-corrected chi connectivity index (χ3v) is 4.08. The highest BCUT2D eigenvalue weighted by molar-refractivity contribution is 5.21. The van der Waals surface area contributed by atoms with Crippen LogP contribution in [0.25, 0.3) is 0 Å². The molecule has 0 aromatic carbocycles. The minimum absolute atomic E-state index is 0.725. The summed E-state index contributed by atoms with van der Waals surface area (Å²) in [6.45, 7) is 5.82. The second-order valence-corrected chi connectivity index (χ2v) is 5.22. The van der Waals surface area contributed by atoms with E-state index in [0.29, 0.717) is 0 Å². The predicted molar refractivity (Wildman–Crippen MR) is 62.6 cm³/mol. The van der Waals surface area contributed by atoms with Crippen molar-refractivity contribution < 1.29 is 0 Å². The van der Waals surface area contributed by atoms with Gasteiger partial charge in [0.1, 0.15) is 0 Å². The molecule has 1 aliphatic heterocycles. The van der Waals surface area contributed by atoms with E-state index >= 15 is 0 Å². The van der Waals surface area contributed by atoms with Crippen LogP contribution < -0.4 is 10.6 Å². The maximum Gasteiger partial charge on any atom is 0.0155 e. The summed E-state index contributed by atoms with van der Waals surface area (Å²) >= 11 is 0. The fourth-order valence-electron chi connectivity index (χ4n) is 2.93. The Bertz CT molecular complexity index is 296. The lowest BCUT2D eigenvalue weighted by molar-refractivity contribution is 0.508. The molecule has 0 spiro atoms. The third kappa shape index (κ3) is 1.88. The molecule has 82 valence electrons. The Hall–Kier alpha value is -0.600. The van der Waals surface area contributed by atoms with Crippen LogP contribution in [-0.4, -0.2) is 25.7 Å². The Labute approximate surface area is 91.8 Å². The average Bonchev–Trinajstić information content (AvgIpc) is 2.71. The second-order valence-electron chi connectivity index (χ2n) is 5.22. The van der Waals surface area contributed by atoms with Crippen molar-refractivity contribution in [1.82, 2.24) is 10.6 Å². The van der Waals surface area contributed by atoms with E-state index in [-0.39, 0.29) is 0 Å². The van der Waals surface area contributed by atoms with Gasteiger partial charge < -0.3 is 10.6 Å². The van der Waals surface area contributed by atoms with Crippen molar-refractivity contribution in [1.29, 1.82) is 0 Å². The Morgan fingerprint density at radius 1 is 1.40 bits per heavy atom. The molecule has 1 saturated carbocycles. The van der Waals surface area contributed by atoms with Crippen molar-refractivity contribution >= 4 is 0 Å². The minimum Gasteiger partial charge on any atom is -0.316 e. The molecule has 0 radical (unpaired) electrons. The van der Waals surface area contributed by atoms with Gasteiger partial charge >= 0.3 is 0 Å². The van der Waals surface area contributed by atoms with Crippen molar-refractivity contribution in [2.75, 3.05) is 19.6 Å². The Balaban J connectivity index is 1.42. The summed E-state index contributed by atoms with van der Waals surface area (Å²) in [5.74, 6) is 2.60. The van der Waals surface area contributed by atoms with E-state index in [1.165, 1.54) is 25.1 Å². The van der Waals surface area contributed by atoms with Crippen LogP contribution in [0, 0.1) is 17.8 Å². The van der Waals surface area contributed by atoms with Crippen LogP contribution in [0.4, 0.5) is 0 Å². The highest BCUT2D eigenvalue weighted by atomic mass is 15.1. The molecule has 2 nitrogen and oxygen atoms in total. The lowest BCUT2D eigenvalue weighted by Gasteiger charge is -2.16. The molecule has 15 heavy (non-hydrogen) atoms. The molecule has 2 fully saturated rings. The summed E-state index contributed by atoms with van der Waals surface area (Å²) in [7, 11) is 0. The first-order valence-corrected chi connectivity index (χ1v) is 6.13. The van der Waals surface area contributed by atoms with Gasteiger partial charge in [-0.2, -0.15) is 0 Å². The van der Waals surface area contributed by atoms with E-state index in [1.54, 1.807) is 0 Å². The molecule has 0 aromatic heterocycles. The molecule has 0 aromatic rings. The molecule has 2 aliphatic carbocycles. The zero-order chi connectivity index (χ0) is 10.3. The van der Waals surface area contributed by atoms with Gasteiger partial charge in [-0.15, -0.1) is 0 Å². The van der Waals surface area contributed by atoms with Crippen molar-refractivity contribution in [3.05, 3.63) is 23.8 Å². The van der Waals surface area contributed by atoms with Gasteiger partial charge in [0.15, 0.2) is 0 Å². The van der Waals surface area contributed by atoms with Gasteiger partial charge in [-0.3, -0.25) is 0 Å². The fourth-order valence-corrected chi connectivity index (χ4v) is 2.93. The monoisotopic (exact) mass is 204 g/mol. The van der Waals surface area contributed by atoms with E-state index in [9.17, 15) is 0 Å². The summed E-state index contributed by atoms with van der Waals surface area (Å²) in [5, 5.41) is 7.15. The van der Waals surface area contributed by atoms with Crippen LogP contribution in [0.3, 0.4) is 0 Å². The fraction of sp³-hybridized carbons (Fsp3) is 0.692. The van der Waals surface area contributed by atoms with Crippen LogP contribution in [0.15, 0.2) is 23.8 Å². The van der Waals surface area contributed by atoms with Crippen LogP contribution in [0.1, 0.15) is 13.3 Å². The summed E-state index contributed by atoms with van der Waals surface area (Å²) in [5.41, 5.74) is 1.42. The number of hydrogen-bond donors (Lipinski definition) is 2. The normalized spacial score (nSPS) is 42.6. The quantitative estimate of drug-likeness (QED) is 0.724. The van der Waals surface area contributed by atoms with E-state index in [2.05, 4.69) is 35.8 Å². The summed E-state index contributed by atoms with van der Waals surface area (Å²) < 4.78 is 0. The molecule has 0 bridgehead atoms. The van der Waals surface area contributed by atoms with Crippen LogP contribution in [0.2, 0.25) is 0 Å². The largest absolute Gasteiger partial charge is 0.316 e. The van der Waals surface area contributed by atoms with Crippen LogP contribution >= 0.6 is 0 Å². The zero-order valence-corrected chi connectivity index (χ0v) is 9.37. The Morgan fingerprint density at radius 3 is 2.87 bits per heavy atom. The second kappa shape index (κ2) is 3.76. The number of piperidine rings is 1. The van der Waals surface area contributed by atoms with Gasteiger partial charge in [-0.05, 0) is 44.2 Å². The lowest BCUT2D eigenvalue weighted by atomic mass is 9.97. The molecule has 2 heteroatoms. The van der Waals surface area contributed by atoms with Gasteiger partial charge in [-0.1, -0.05) is 23.8 Å². The first-order valence-electron chi connectivity index (χ1n) is 6.13. The first kappa shape index (κ1) is 9.61. The van der Waals surface area contributed by atoms with Crippen molar-refractivity contribution in [3.8, 4) is 0 Å². The van der Waals surface area contributed by atoms with Gasteiger partial charge in [-0.25, -0.2) is 0 Å². The maximum absolute atomic E-state index is 3.72. The van der Waals surface area contributed by atoms with Crippen molar-refractivity contribution in [2.24, 2.45) is 17.8 Å². The van der Waals surface area contributed by atoms with E-state index in [0.717, 1.165) is 30.3 Å². The average molecular weight is 204 g/mol. The summed E-state index contributed by atoms with van der Waals surface area (Å²) in [6, 6.07) is 0.826. The topological polar surface area (TPSA) is 24.1 Å². The molecule has 1 unspecified atom stereocenters. The molecule has 1 heterocycles. The molecule has 1 saturated heterocycles. The van der Waals surface area contributed by atoms with Gasteiger partial charge in [0.2, 0.25) is 0 Å². The highest BCUT2D eigenvalue weighted by Gasteiger charge is 2.52. The van der Waals surface area contributed by atoms with Crippen LogP contribution in [-0.2, 0) is 0 Å². The lowest BCUT2D eigenvalue weighted by Crippen LogP contribution is -2.31. The van der Waals surface area contributed by atoms with E-state index < -0.39 is 0 Å². The van der Waals surface area contributed by atoms with E-state index in [4.69, 9.17) is 0 Å². The zero-order valence-electron chi connectivity index (χ0n) is 9.37. The first-order chi connectivity index (χ1) is 7.34. The minimum atomic E-state index is 0.725. The Kier molecular flexibility index (Phi) is 2.41. The number of rotatable bonds is 3. The molecule has 4 atom stereocenters. The number of nitrogens with one attached hydrogen (secondary N) is 2. The summed E-state index contributed by atoms with van der Waals surface area (Å²) in [4.78, 5) is 0. The van der Waals surface area contributed by atoms with Crippen molar-refractivity contribution in [2.45, 2.75) is 19.4 Å². The molecule has 3 rings (SSSR count). The van der Waals surface area contributed by atoms with Crippen LogP contribution in [0.5, 0.6) is 0 Å². The molecular weight excluding hydrogens is 184 g/mol. The smallest absolute Gasteiger partial charge is 0.0155 e. The SMILES string of the molecule is CC1=CCC(CN[C@@H]2[C@@H]3CNC[C@@H]32)C=C1. The summed E-state index contributed by atoms with van der Waals surface area (Å²) in [6.07, 6.45) is 8.18. The predicted octanol–water partition coefficient (Wildman–Crippen LogP) is 1.32. The molecule has 3 aliphatic rings. The van der Waals surface area contributed by atoms with E-state index in [1.807, 2.05) is 0 Å². The Morgan fingerprint density at radius 2 is 2.20 bits per heavy atom. The van der Waals surface area contributed by atoms with Crippen molar-refractivity contribution in [3.63, 3.8) is 0 Å². The molecule has 0 amide bonds. The number of allylic oxidation sites excluding steroid dienone is 3. The van der Waals surface area contributed by atoms with Gasteiger partial charge in [0, 0.05) is 12.6 Å². The molecular formula is C13H20N2. The standard InChI is InChI=1S/C13H20N2/c1-9-2-4-10(5-3-9)6-15-13-11-7-14-8-12(11)13/h2-4,10-15H,5-8H2,1H3/t10?,11-,12+,13-. The highest BCUT2D eigenvalue weighted by Crippen LogP contribution is 2.41.